The largest absolute Gasteiger partial charge is 0.452 e. The monoisotopic (exact) mass is 446 g/mol. The molecule has 1 aromatic carbocycles. The maximum atomic E-state index is 13.5. The van der Waals surface area contributed by atoms with Crippen LogP contribution >= 0.6 is 11.8 Å². The summed E-state index contributed by atoms with van der Waals surface area (Å²) in [6, 6.07) is 1.48. The summed E-state index contributed by atoms with van der Waals surface area (Å²) in [4.78, 5) is 39.4. The standard InChI is InChI=1S/C17H17F3N4O5S/c1-8(28-14(26)7-30-6-12-22-9(2)29-24-12)17(27)21-5-13(25)23-11-4-3-10(18)15(19)16(11)20/h3-4,8H,5-7H2,1-2H3,(H,21,27)(H,23,25). The van der Waals surface area contributed by atoms with Crippen LogP contribution in [0.15, 0.2) is 16.7 Å². The molecule has 0 fully saturated rings. The fourth-order valence-electron chi connectivity index (χ4n) is 2.04. The van der Waals surface area contributed by atoms with Crippen LogP contribution in [-0.4, -0.2) is 46.3 Å². The molecular weight excluding hydrogens is 429 g/mol. The number of carbonyl (C=O) groups excluding carboxylic acids is 3. The highest BCUT2D eigenvalue weighted by Gasteiger charge is 2.20. The van der Waals surface area contributed by atoms with Crippen LogP contribution < -0.4 is 10.6 Å². The molecular formula is C17H17F3N4O5S. The van der Waals surface area contributed by atoms with E-state index in [1.54, 1.807) is 6.92 Å². The van der Waals surface area contributed by atoms with Gasteiger partial charge in [-0.05, 0) is 19.1 Å². The number of carbonyl (C=O) groups is 3. The minimum absolute atomic E-state index is 0.0684. The highest BCUT2D eigenvalue weighted by atomic mass is 32.2. The van der Waals surface area contributed by atoms with Gasteiger partial charge in [-0.2, -0.15) is 4.98 Å². The number of nitrogens with zero attached hydrogens (tertiary/aromatic N) is 2. The normalized spacial score (nSPS) is 11.6. The molecule has 1 aromatic heterocycles. The third-order valence-electron chi connectivity index (χ3n) is 3.43. The van der Waals surface area contributed by atoms with Crippen molar-refractivity contribution in [1.29, 1.82) is 0 Å². The first kappa shape index (κ1) is 23.2. The molecule has 0 aliphatic heterocycles. The molecule has 2 amide bonds. The zero-order chi connectivity index (χ0) is 22.3. The Balaban J connectivity index is 1.71. The fraction of sp³-hybridized carbons (Fsp3) is 0.353. The Morgan fingerprint density at radius 2 is 1.97 bits per heavy atom. The van der Waals surface area contributed by atoms with Gasteiger partial charge in [-0.15, -0.1) is 11.8 Å². The summed E-state index contributed by atoms with van der Waals surface area (Å²) in [5.74, 6) is -5.98. The lowest BCUT2D eigenvalue weighted by atomic mass is 10.2. The summed E-state index contributed by atoms with van der Waals surface area (Å²) in [5, 5.41) is 7.84. The van der Waals surface area contributed by atoms with Gasteiger partial charge in [0.2, 0.25) is 11.8 Å². The van der Waals surface area contributed by atoms with E-state index in [9.17, 15) is 27.6 Å². The SMILES string of the molecule is Cc1nc(CSCC(=O)OC(C)C(=O)NCC(=O)Nc2ccc(F)c(F)c2F)no1. The maximum Gasteiger partial charge on any atom is 0.316 e. The maximum absolute atomic E-state index is 13.5. The summed E-state index contributed by atoms with van der Waals surface area (Å²) in [7, 11) is 0. The van der Waals surface area contributed by atoms with E-state index in [2.05, 4.69) is 15.5 Å². The van der Waals surface area contributed by atoms with Crippen molar-refractivity contribution in [2.45, 2.75) is 25.7 Å². The molecule has 162 valence electrons. The van der Waals surface area contributed by atoms with E-state index in [0.29, 0.717) is 23.5 Å². The summed E-state index contributed by atoms with van der Waals surface area (Å²) < 4.78 is 49.2. The average molecular weight is 446 g/mol. The molecule has 2 rings (SSSR count). The molecule has 1 unspecified atom stereocenters. The van der Waals surface area contributed by atoms with Gasteiger partial charge < -0.3 is 19.9 Å². The van der Waals surface area contributed by atoms with Gasteiger partial charge in [-0.3, -0.25) is 14.4 Å². The van der Waals surface area contributed by atoms with Crippen LogP contribution in [0.5, 0.6) is 0 Å². The van der Waals surface area contributed by atoms with Crippen molar-refractivity contribution in [2.24, 2.45) is 0 Å². The molecule has 2 aromatic rings. The van der Waals surface area contributed by atoms with Gasteiger partial charge >= 0.3 is 5.97 Å². The quantitative estimate of drug-likeness (QED) is 0.441. The molecule has 0 aliphatic carbocycles. The van der Waals surface area contributed by atoms with Crippen molar-refractivity contribution in [1.82, 2.24) is 15.5 Å². The molecule has 0 saturated carbocycles. The molecule has 9 nitrogen and oxygen atoms in total. The first-order valence-electron chi connectivity index (χ1n) is 8.44. The number of esters is 1. The zero-order valence-electron chi connectivity index (χ0n) is 15.8. The molecule has 0 spiro atoms. The Labute approximate surface area is 172 Å². The number of ether oxygens (including phenoxy) is 1. The van der Waals surface area contributed by atoms with Crippen LogP contribution in [0.4, 0.5) is 18.9 Å². The number of rotatable bonds is 9. The lowest BCUT2D eigenvalue weighted by molar-refractivity contribution is -0.152. The summed E-state index contributed by atoms with van der Waals surface area (Å²) >= 11 is 1.16. The Kier molecular flexibility index (Phi) is 8.21. The first-order valence-corrected chi connectivity index (χ1v) is 9.60. The predicted molar refractivity (Wildman–Crippen MR) is 98.7 cm³/mol. The van der Waals surface area contributed by atoms with E-state index in [1.165, 1.54) is 6.92 Å². The van der Waals surface area contributed by atoms with Crippen LogP contribution in [0, 0.1) is 24.4 Å². The number of halogens is 3. The van der Waals surface area contributed by atoms with Gasteiger partial charge in [0.15, 0.2) is 29.4 Å². The number of hydrogen-bond donors (Lipinski definition) is 2. The van der Waals surface area contributed by atoms with Gasteiger partial charge in [-0.25, -0.2) is 13.2 Å². The van der Waals surface area contributed by atoms with Gasteiger partial charge in [0, 0.05) is 6.92 Å². The second-order valence-corrected chi connectivity index (χ2v) is 6.83. The van der Waals surface area contributed by atoms with E-state index >= 15 is 0 Å². The topological polar surface area (TPSA) is 123 Å². The molecule has 0 saturated heterocycles. The van der Waals surface area contributed by atoms with E-state index in [1.807, 2.05) is 5.32 Å². The Bertz CT molecular complexity index is 940. The molecule has 13 heteroatoms. The van der Waals surface area contributed by atoms with Crippen molar-refractivity contribution in [2.75, 3.05) is 17.6 Å². The van der Waals surface area contributed by atoms with Crippen molar-refractivity contribution < 1.29 is 36.8 Å². The number of anilines is 1. The van der Waals surface area contributed by atoms with Crippen molar-refractivity contribution in [3.63, 3.8) is 0 Å². The number of aryl methyl sites for hydroxylation is 1. The lowest BCUT2D eigenvalue weighted by Crippen LogP contribution is -2.40. The molecule has 30 heavy (non-hydrogen) atoms. The number of thioether (sulfide) groups is 1. The van der Waals surface area contributed by atoms with Crippen molar-refractivity contribution in [3.8, 4) is 0 Å². The van der Waals surface area contributed by atoms with Crippen LogP contribution in [0.1, 0.15) is 18.6 Å². The van der Waals surface area contributed by atoms with E-state index in [4.69, 9.17) is 9.26 Å². The summed E-state index contributed by atoms with van der Waals surface area (Å²) in [6.07, 6.45) is -1.20. The molecule has 0 aliphatic rings. The van der Waals surface area contributed by atoms with E-state index in [-0.39, 0.29) is 5.75 Å². The number of nitrogens with one attached hydrogen (secondary N) is 2. The van der Waals surface area contributed by atoms with E-state index in [0.717, 1.165) is 17.8 Å². The van der Waals surface area contributed by atoms with Crippen LogP contribution in [0.3, 0.4) is 0 Å². The van der Waals surface area contributed by atoms with Crippen LogP contribution in [-0.2, 0) is 24.9 Å². The molecule has 1 atom stereocenters. The highest BCUT2D eigenvalue weighted by Crippen LogP contribution is 2.19. The summed E-state index contributed by atoms with van der Waals surface area (Å²) in [6.45, 7) is 2.32. The Hall–Kier alpha value is -3.09. The van der Waals surface area contributed by atoms with Crippen molar-refractivity contribution >= 4 is 35.2 Å². The number of amides is 2. The minimum Gasteiger partial charge on any atom is -0.452 e. The highest BCUT2D eigenvalue weighted by molar-refractivity contribution is 7.99. The second kappa shape index (κ2) is 10.6. The third kappa shape index (κ3) is 6.76. The Morgan fingerprint density at radius 3 is 2.63 bits per heavy atom. The van der Waals surface area contributed by atoms with Crippen LogP contribution in [0.25, 0.3) is 0 Å². The fourth-order valence-corrected chi connectivity index (χ4v) is 2.67. The number of aromatic nitrogens is 2. The lowest BCUT2D eigenvalue weighted by Gasteiger charge is -2.13. The molecule has 0 bridgehead atoms. The second-order valence-electron chi connectivity index (χ2n) is 5.84. The van der Waals surface area contributed by atoms with Gasteiger partial charge in [0.1, 0.15) is 0 Å². The number of benzene rings is 1. The van der Waals surface area contributed by atoms with Crippen LogP contribution in [0.2, 0.25) is 0 Å². The first-order chi connectivity index (χ1) is 14.2. The Morgan fingerprint density at radius 1 is 1.23 bits per heavy atom. The van der Waals surface area contributed by atoms with E-state index < -0.39 is 53.6 Å². The summed E-state index contributed by atoms with van der Waals surface area (Å²) in [5.41, 5.74) is -0.582. The predicted octanol–water partition coefficient (Wildman–Crippen LogP) is 1.72. The smallest absolute Gasteiger partial charge is 0.316 e. The average Bonchev–Trinajstić information content (AvgIpc) is 3.11. The zero-order valence-corrected chi connectivity index (χ0v) is 16.6. The van der Waals surface area contributed by atoms with Gasteiger partial charge in [0.25, 0.3) is 5.91 Å². The molecule has 2 N–H and O–H groups in total. The van der Waals surface area contributed by atoms with Crippen molar-refractivity contribution in [3.05, 3.63) is 41.3 Å². The molecule has 1 heterocycles. The molecule has 0 radical (unpaired) electrons. The minimum atomic E-state index is -1.73. The number of hydrogen-bond acceptors (Lipinski definition) is 8. The third-order valence-corrected chi connectivity index (χ3v) is 4.33. The van der Waals surface area contributed by atoms with Gasteiger partial charge in [-0.1, -0.05) is 5.16 Å². The van der Waals surface area contributed by atoms with Gasteiger partial charge in [0.05, 0.1) is 23.7 Å².